The van der Waals surface area contributed by atoms with E-state index in [1.54, 1.807) is 0 Å². The van der Waals surface area contributed by atoms with Crippen molar-refractivity contribution in [1.29, 1.82) is 0 Å². The number of benzene rings is 1. The van der Waals surface area contributed by atoms with E-state index in [-0.39, 0.29) is 13.0 Å². The number of carbonyl (C=O) groups is 1. The molecule has 0 amide bonds. The Kier molecular flexibility index (Phi) is 6.16. The summed E-state index contributed by atoms with van der Waals surface area (Å²) in [6.07, 6.45) is 1.17. The normalized spacial score (nSPS) is 11.6. The van der Waals surface area contributed by atoms with E-state index in [2.05, 4.69) is 0 Å². The molecule has 0 heterocycles. The zero-order chi connectivity index (χ0) is 16.0. The summed E-state index contributed by atoms with van der Waals surface area (Å²) in [5, 5.41) is 8.41. The van der Waals surface area contributed by atoms with Crippen LogP contribution < -0.4 is 4.72 Å². The second kappa shape index (κ2) is 7.41. The molecule has 0 atom stereocenters. The largest absolute Gasteiger partial charge is 0.481 e. The standard InChI is InChI=1S/C12H14F3NO4S/c13-8-5-6-9(12(15)11(8)14)21(19,20)16-7-3-1-2-4-10(17)18/h5-6,16H,1-4,7H2,(H,17,18). The fourth-order valence-electron chi connectivity index (χ4n) is 1.58. The molecule has 0 bridgehead atoms. The Hall–Kier alpha value is -1.61. The molecule has 5 nitrogen and oxygen atoms in total. The van der Waals surface area contributed by atoms with E-state index >= 15 is 0 Å². The molecule has 0 aromatic heterocycles. The van der Waals surface area contributed by atoms with Gasteiger partial charge in [-0.3, -0.25) is 4.79 Å². The summed E-state index contributed by atoms with van der Waals surface area (Å²) in [5.41, 5.74) is 0. The van der Waals surface area contributed by atoms with Crippen molar-refractivity contribution in [3.05, 3.63) is 29.6 Å². The Morgan fingerprint density at radius 2 is 1.76 bits per heavy atom. The van der Waals surface area contributed by atoms with Gasteiger partial charge >= 0.3 is 5.97 Å². The van der Waals surface area contributed by atoms with Crippen molar-refractivity contribution in [1.82, 2.24) is 4.72 Å². The van der Waals surface area contributed by atoms with Crippen LogP contribution in [0.15, 0.2) is 17.0 Å². The summed E-state index contributed by atoms with van der Waals surface area (Å²) in [6.45, 7) is -0.0552. The monoisotopic (exact) mass is 325 g/mol. The number of rotatable bonds is 8. The number of carboxylic acid groups (broad SMARTS) is 1. The summed E-state index contributed by atoms with van der Waals surface area (Å²) in [5.74, 6) is -6.03. The van der Waals surface area contributed by atoms with Crippen LogP contribution in [-0.4, -0.2) is 26.0 Å². The first-order valence-electron chi connectivity index (χ1n) is 6.10. The van der Waals surface area contributed by atoms with Gasteiger partial charge in [0.15, 0.2) is 17.5 Å². The van der Waals surface area contributed by atoms with Crippen LogP contribution in [0.25, 0.3) is 0 Å². The quantitative estimate of drug-likeness (QED) is 0.566. The maximum Gasteiger partial charge on any atom is 0.303 e. The van der Waals surface area contributed by atoms with Crippen molar-refractivity contribution in [3.63, 3.8) is 0 Å². The Morgan fingerprint density at radius 3 is 2.38 bits per heavy atom. The van der Waals surface area contributed by atoms with Crippen LogP contribution in [0, 0.1) is 17.5 Å². The van der Waals surface area contributed by atoms with Gasteiger partial charge in [0.1, 0.15) is 4.90 Å². The molecular weight excluding hydrogens is 311 g/mol. The second-order valence-corrected chi connectivity index (χ2v) is 6.01. The first-order valence-corrected chi connectivity index (χ1v) is 7.59. The topological polar surface area (TPSA) is 83.5 Å². The van der Waals surface area contributed by atoms with E-state index in [1.165, 1.54) is 0 Å². The minimum Gasteiger partial charge on any atom is -0.481 e. The number of carboxylic acids is 1. The molecule has 21 heavy (non-hydrogen) atoms. The lowest BCUT2D eigenvalue weighted by atomic mass is 10.2. The van der Waals surface area contributed by atoms with E-state index < -0.39 is 38.3 Å². The second-order valence-electron chi connectivity index (χ2n) is 4.28. The van der Waals surface area contributed by atoms with Gasteiger partial charge < -0.3 is 5.11 Å². The molecule has 0 fully saturated rings. The average Bonchev–Trinajstić information content (AvgIpc) is 2.39. The average molecular weight is 325 g/mol. The summed E-state index contributed by atoms with van der Waals surface area (Å²) in [4.78, 5) is 9.29. The van der Waals surface area contributed by atoms with Gasteiger partial charge in [-0.05, 0) is 25.0 Å². The molecule has 1 aromatic carbocycles. The van der Waals surface area contributed by atoms with Crippen LogP contribution in [-0.2, 0) is 14.8 Å². The third-order valence-corrected chi connectivity index (χ3v) is 4.13. The summed E-state index contributed by atoms with van der Waals surface area (Å²) < 4.78 is 64.6. The number of nitrogens with one attached hydrogen (secondary N) is 1. The Labute approximate surface area is 119 Å². The van der Waals surface area contributed by atoms with E-state index in [1.807, 2.05) is 4.72 Å². The van der Waals surface area contributed by atoms with E-state index in [9.17, 15) is 26.4 Å². The number of halogens is 3. The van der Waals surface area contributed by atoms with Gasteiger partial charge in [-0.2, -0.15) is 0 Å². The minimum absolute atomic E-state index is 0.0233. The van der Waals surface area contributed by atoms with Crippen molar-refractivity contribution in [2.45, 2.75) is 30.6 Å². The molecule has 0 radical (unpaired) electrons. The van der Waals surface area contributed by atoms with Gasteiger partial charge in [0, 0.05) is 13.0 Å². The van der Waals surface area contributed by atoms with Crippen LogP contribution in [0.4, 0.5) is 13.2 Å². The lowest BCUT2D eigenvalue weighted by molar-refractivity contribution is -0.137. The molecule has 2 N–H and O–H groups in total. The molecule has 0 aliphatic carbocycles. The summed E-state index contributed by atoms with van der Waals surface area (Å²) in [7, 11) is -4.28. The van der Waals surface area contributed by atoms with E-state index in [0.717, 1.165) is 0 Å². The third-order valence-electron chi connectivity index (χ3n) is 2.65. The molecule has 0 aliphatic heterocycles. The maximum atomic E-state index is 13.4. The number of hydrogen-bond donors (Lipinski definition) is 2. The first kappa shape index (κ1) is 17.4. The number of hydrogen-bond acceptors (Lipinski definition) is 3. The SMILES string of the molecule is O=C(O)CCCCCNS(=O)(=O)c1ccc(F)c(F)c1F. The Morgan fingerprint density at radius 1 is 1.10 bits per heavy atom. The maximum absolute atomic E-state index is 13.4. The lowest BCUT2D eigenvalue weighted by Gasteiger charge is -2.08. The zero-order valence-corrected chi connectivity index (χ0v) is 11.7. The fraction of sp³-hybridized carbons (Fsp3) is 0.417. The molecule has 0 saturated carbocycles. The Bertz CT molecular complexity index is 619. The molecule has 1 aromatic rings. The van der Waals surface area contributed by atoms with Gasteiger partial charge in [0.05, 0.1) is 0 Å². The first-order chi connectivity index (χ1) is 9.75. The highest BCUT2D eigenvalue weighted by atomic mass is 32.2. The third kappa shape index (κ3) is 5.01. The molecule has 0 unspecified atom stereocenters. The molecule has 9 heteroatoms. The van der Waals surface area contributed by atoms with E-state index in [4.69, 9.17) is 5.11 Å². The van der Waals surface area contributed by atoms with Crippen LogP contribution in [0.1, 0.15) is 25.7 Å². The van der Waals surface area contributed by atoms with Crippen LogP contribution >= 0.6 is 0 Å². The predicted molar refractivity (Wildman–Crippen MR) is 67.6 cm³/mol. The van der Waals surface area contributed by atoms with Crippen LogP contribution in [0.2, 0.25) is 0 Å². The van der Waals surface area contributed by atoms with Crippen molar-refractivity contribution in [2.24, 2.45) is 0 Å². The van der Waals surface area contributed by atoms with Gasteiger partial charge in [-0.25, -0.2) is 26.3 Å². The predicted octanol–water partition coefficient (Wildman–Crippen LogP) is 2.03. The van der Waals surface area contributed by atoms with Gasteiger partial charge in [-0.1, -0.05) is 6.42 Å². The molecule has 0 spiro atoms. The van der Waals surface area contributed by atoms with Crippen molar-refractivity contribution < 1.29 is 31.5 Å². The van der Waals surface area contributed by atoms with Gasteiger partial charge in [-0.15, -0.1) is 0 Å². The summed E-state index contributed by atoms with van der Waals surface area (Å²) >= 11 is 0. The molecule has 0 aliphatic rings. The molecule has 0 saturated heterocycles. The van der Waals surface area contributed by atoms with Gasteiger partial charge in [0.2, 0.25) is 10.0 Å². The highest BCUT2D eigenvalue weighted by Gasteiger charge is 2.23. The summed E-state index contributed by atoms with van der Waals surface area (Å²) in [6, 6.07) is 1.17. The molecule has 1 rings (SSSR count). The molecule has 118 valence electrons. The highest BCUT2D eigenvalue weighted by Crippen LogP contribution is 2.19. The smallest absolute Gasteiger partial charge is 0.303 e. The minimum atomic E-state index is -4.28. The van der Waals surface area contributed by atoms with Crippen LogP contribution in [0.3, 0.4) is 0 Å². The molecular formula is C12H14F3NO4S. The highest BCUT2D eigenvalue weighted by molar-refractivity contribution is 7.89. The van der Waals surface area contributed by atoms with Crippen LogP contribution in [0.5, 0.6) is 0 Å². The van der Waals surface area contributed by atoms with Crippen molar-refractivity contribution in [2.75, 3.05) is 6.54 Å². The van der Waals surface area contributed by atoms with Gasteiger partial charge in [0.25, 0.3) is 0 Å². The number of aliphatic carboxylic acids is 1. The van der Waals surface area contributed by atoms with E-state index in [0.29, 0.717) is 31.4 Å². The zero-order valence-electron chi connectivity index (χ0n) is 10.9. The fourth-order valence-corrected chi connectivity index (χ4v) is 2.72. The Balaban J connectivity index is 2.59. The van der Waals surface area contributed by atoms with Crippen molar-refractivity contribution in [3.8, 4) is 0 Å². The number of sulfonamides is 1. The van der Waals surface area contributed by atoms with Crippen molar-refractivity contribution >= 4 is 16.0 Å². The number of unbranched alkanes of at least 4 members (excludes halogenated alkanes) is 2. The lowest BCUT2D eigenvalue weighted by Crippen LogP contribution is -2.26.